The van der Waals surface area contributed by atoms with Crippen molar-refractivity contribution < 1.29 is 19.1 Å². The Hall–Kier alpha value is -2.45. The van der Waals surface area contributed by atoms with E-state index in [1.165, 1.54) is 23.3 Å². The number of anilines is 1. The summed E-state index contributed by atoms with van der Waals surface area (Å²) in [5.74, 6) is -0.123. The molecule has 8 heteroatoms. The second-order valence-electron chi connectivity index (χ2n) is 7.01. The van der Waals surface area contributed by atoms with E-state index < -0.39 is 0 Å². The molecule has 2 aromatic rings. The van der Waals surface area contributed by atoms with E-state index in [0.29, 0.717) is 21.9 Å². The van der Waals surface area contributed by atoms with Crippen LogP contribution in [-0.2, 0) is 17.6 Å². The summed E-state index contributed by atoms with van der Waals surface area (Å²) in [6, 6.07) is 6.91. The van der Waals surface area contributed by atoms with E-state index in [1.54, 1.807) is 24.3 Å². The van der Waals surface area contributed by atoms with Crippen molar-refractivity contribution in [3.63, 3.8) is 0 Å². The molecule has 0 bridgehead atoms. The molecule has 1 aromatic carbocycles. The molecule has 0 saturated heterocycles. The van der Waals surface area contributed by atoms with Crippen molar-refractivity contribution in [3.05, 3.63) is 45.8 Å². The molecule has 2 N–H and O–H groups in total. The third-order valence-corrected chi connectivity index (χ3v) is 5.89. The van der Waals surface area contributed by atoms with E-state index in [9.17, 15) is 9.59 Å². The molecule has 1 heterocycles. The predicted molar refractivity (Wildman–Crippen MR) is 118 cm³/mol. The molecule has 0 atom stereocenters. The monoisotopic (exact) mass is 432 g/mol. The average Bonchev–Trinajstić information content (AvgIpc) is 3.04. The summed E-state index contributed by atoms with van der Waals surface area (Å²) in [5, 5.41) is 6.44. The number of rotatable bonds is 5. The number of amides is 1. The van der Waals surface area contributed by atoms with Crippen molar-refractivity contribution in [2.75, 3.05) is 12.4 Å². The third kappa shape index (κ3) is 5.13. The molecule has 6 nitrogen and oxygen atoms in total. The van der Waals surface area contributed by atoms with Gasteiger partial charge in [-0.2, -0.15) is 0 Å². The van der Waals surface area contributed by atoms with Gasteiger partial charge in [-0.1, -0.05) is 6.07 Å². The number of thiocarbonyl (C=S) groups is 1. The van der Waals surface area contributed by atoms with Crippen LogP contribution in [0.2, 0.25) is 0 Å². The lowest BCUT2D eigenvalue weighted by Crippen LogP contribution is -2.34. The number of benzene rings is 1. The van der Waals surface area contributed by atoms with Crippen LogP contribution in [0.25, 0.3) is 0 Å². The number of ether oxygens (including phenoxy) is 2. The number of hydrogen-bond acceptors (Lipinski definition) is 6. The number of aryl methyl sites for hydroxylation is 1. The Kier molecular flexibility index (Phi) is 6.87. The van der Waals surface area contributed by atoms with E-state index in [2.05, 4.69) is 10.6 Å². The minimum atomic E-state index is -0.389. The quantitative estimate of drug-likeness (QED) is 0.541. The largest absolute Gasteiger partial charge is 0.491 e. The number of carbonyl (C=O) groups is 2. The van der Waals surface area contributed by atoms with Gasteiger partial charge in [-0.25, -0.2) is 4.79 Å². The maximum atomic E-state index is 12.6. The summed E-state index contributed by atoms with van der Waals surface area (Å²) >= 11 is 6.81. The maximum Gasteiger partial charge on any atom is 0.341 e. The van der Waals surface area contributed by atoms with Gasteiger partial charge in [-0.3, -0.25) is 10.1 Å². The molecule has 0 radical (unpaired) electrons. The molecule has 1 aliphatic rings. The van der Waals surface area contributed by atoms with Crippen LogP contribution in [0, 0.1) is 0 Å². The van der Waals surface area contributed by atoms with Gasteiger partial charge in [0, 0.05) is 10.4 Å². The normalized spacial score (nSPS) is 12.8. The first-order valence-electron chi connectivity index (χ1n) is 9.51. The smallest absolute Gasteiger partial charge is 0.341 e. The molecule has 154 valence electrons. The van der Waals surface area contributed by atoms with Crippen molar-refractivity contribution in [2.24, 2.45) is 0 Å². The highest BCUT2D eigenvalue weighted by Gasteiger charge is 2.26. The zero-order valence-electron chi connectivity index (χ0n) is 16.7. The van der Waals surface area contributed by atoms with Gasteiger partial charge in [0.05, 0.1) is 18.8 Å². The van der Waals surface area contributed by atoms with Crippen LogP contribution in [0.4, 0.5) is 5.00 Å². The van der Waals surface area contributed by atoms with Crippen LogP contribution >= 0.6 is 23.6 Å². The van der Waals surface area contributed by atoms with Gasteiger partial charge in [-0.05, 0) is 75.5 Å². The second kappa shape index (κ2) is 9.37. The third-order valence-electron chi connectivity index (χ3n) is 4.48. The van der Waals surface area contributed by atoms with Gasteiger partial charge >= 0.3 is 5.97 Å². The number of hydrogen-bond donors (Lipinski definition) is 2. The van der Waals surface area contributed by atoms with Gasteiger partial charge < -0.3 is 14.8 Å². The van der Waals surface area contributed by atoms with Crippen molar-refractivity contribution in [1.29, 1.82) is 0 Å². The first-order chi connectivity index (χ1) is 13.9. The summed E-state index contributed by atoms with van der Waals surface area (Å²) in [5.41, 5.74) is 1.99. The molecule has 1 aliphatic carbocycles. The molecule has 0 saturated carbocycles. The van der Waals surface area contributed by atoms with Crippen LogP contribution in [0.1, 0.15) is 57.8 Å². The highest BCUT2D eigenvalue weighted by Crippen LogP contribution is 2.38. The number of esters is 1. The molecule has 1 aromatic heterocycles. The zero-order valence-corrected chi connectivity index (χ0v) is 18.3. The molecule has 29 heavy (non-hydrogen) atoms. The first kappa shape index (κ1) is 21.3. The topological polar surface area (TPSA) is 76.7 Å². The number of fused-ring (bicyclic) bond motifs is 1. The van der Waals surface area contributed by atoms with Gasteiger partial charge in [-0.15, -0.1) is 11.3 Å². The predicted octanol–water partition coefficient (Wildman–Crippen LogP) is 4.33. The van der Waals surface area contributed by atoms with Crippen molar-refractivity contribution >= 4 is 45.5 Å². The fourth-order valence-corrected chi connectivity index (χ4v) is 4.81. The molecule has 0 aliphatic heterocycles. The van der Waals surface area contributed by atoms with E-state index >= 15 is 0 Å². The van der Waals surface area contributed by atoms with Gasteiger partial charge in [0.25, 0.3) is 5.91 Å². The standard InChI is InChI=1S/C21H24N2O4S2/c1-12(2)27-14-8-6-7-13(11-14)18(24)22-21(28)23-19-17(20(25)26-3)15-9-4-5-10-16(15)29-19/h6-8,11-12H,4-5,9-10H2,1-3H3,(H2,22,23,24,28). The van der Waals surface area contributed by atoms with Crippen LogP contribution < -0.4 is 15.4 Å². The molecule has 0 unspecified atom stereocenters. The first-order valence-corrected chi connectivity index (χ1v) is 10.7. The summed E-state index contributed by atoms with van der Waals surface area (Å²) in [4.78, 5) is 26.1. The molecular formula is C21H24N2O4S2. The lowest BCUT2D eigenvalue weighted by molar-refractivity contribution is 0.0601. The molecule has 1 amide bonds. The van der Waals surface area contributed by atoms with Gasteiger partial charge in [0.1, 0.15) is 10.8 Å². The highest BCUT2D eigenvalue weighted by atomic mass is 32.1. The van der Waals surface area contributed by atoms with Crippen LogP contribution in [0.5, 0.6) is 5.75 Å². The van der Waals surface area contributed by atoms with Crippen LogP contribution in [0.15, 0.2) is 24.3 Å². The fourth-order valence-electron chi connectivity index (χ4n) is 3.26. The Labute approximate surface area is 179 Å². The average molecular weight is 433 g/mol. The van der Waals surface area contributed by atoms with E-state index in [-0.39, 0.29) is 23.1 Å². The van der Waals surface area contributed by atoms with E-state index in [4.69, 9.17) is 21.7 Å². The van der Waals surface area contributed by atoms with E-state index in [0.717, 1.165) is 31.2 Å². The van der Waals surface area contributed by atoms with Crippen LogP contribution in [0.3, 0.4) is 0 Å². The minimum Gasteiger partial charge on any atom is -0.491 e. The Balaban J connectivity index is 1.73. The van der Waals surface area contributed by atoms with Gasteiger partial charge in [0.2, 0.25) is 0 Å². The second-order valence-corrected chi connectivity index (χ2v) is 8.52. The Morgan fingerprint density at radius 2 is 1.97 bits per heavy atom. The fraction of sp³-hybridized carbons (Fsp3) is 0.381. The Morgan fingerprint density at radius 1 is 1.21 bits per heavy atom. The molecular weight excluding hydrogens is 408 g/mol. The maximum absolute atomic E-state index is 12.6. The minimum absolute atomic E-state index is 0.0117. The molecule has 0 fully saturated rings. The Bertz CT molecular complexity index is 937. The number of carbonyl (C=O) groups excluding carboxylic acids is 2. The highest BCUT2D eigenvalue weighted by molar-refractivity contribution is 7.80. The summed E-state index contributed by atoms with van der Waals surface area (Å²) < 4.78 is 10.6. The lowest BCUT2D eigenvalue weighted by Gasteiger charge is -2.13. The SMILES string of the molecule is COC(=O)c1c(NC(=S)NC(=O)c2cccc(OC(C)C)c2)sc2c1CCCC2. The van der Waals surface area contributed by atoms with Crippen LogP contribution in [-0.4, -0.2) is 30.2 Å². The van der Waals surface area contributed by atoms with Crippen molar-refractivity contribution in [1.82, 2.24) is 5.32 Å². The van der Waals surface area contributed by atoms with E-state index in [1.807, 2.05) is 13.8 Å². The zero-order chi connectivity index (χ0) is 21.0. The number of thiophene rings is 1. The number of methoxy groups -OCH3 is 1. The van der Waals surface area contributed by atoms with Crippen molar-refractivity contribution in [2.45, 2.75) is 45.6 Å². The lowest BCUT2D eigenvalue weighted by atomic mass is 9.95. The summed E-state index contributed by atoms with van der Waals surface area (Å²) in [6.45, 7) is 3.84. The Morgan fingerprint density at radius 3 is 2.69 bits per heavy atom. The molecule has 0 spiro atoms. The van der Waals surface area contributed by atoms with Gasteiger partial charge in [0.15, 0.2) is 5.11 Å². The molecule has 3 rings (SSSR count). The summed E-state index contributed by atoms with van der Waals surface area (Å²) in [6.07, 6.45) is 3.94. The number of nitrogens with one attached hydrogen (secondary N) is 2. The summed E-state index contributed by atoms with van der Waals surface area (Å²) in [7, 11) is 1.37. The van der Waals surface area contributed by atoms with Crippen molar-refractivity contribution in [3.8, 4) is 5.75 Å².